The number of rotatable bonds is 6. The first-order chi connectivity index (χ1) is 14.8. The third-order valence-corrected chi connectivity index (χ3v) is 6.46. The lowest BCUT2D eigenvalue weighted by atomic mass is 10.1. The highest BCUT2D eigenvalue weighted by Gasteiger charge is 2.24. The number of aromatic nitrogens is 8. The number of hydrogen-bond donors (Lipinski definition) is 0. The van der Waals surface area contributed by atoms with Crippen LogP contribution in [0, 0.1) is 27.7 Å². The van der Waals surface area contributed by atoms with Crippen molar-refractivity contribution in [2.45, 2.75) is 39.2 Å². The molecule has 11 heteroatoms. The van der Waals surface area contributed by atoms with Crippen LogP contribution in [0.2, 0.25) is 0 Å². The minimum absolute atomic E-state index is 0.239. The van der Waals surface area contributed by atoms with Gasteiger partial charge >= 0.3 is 0 Å². The second-order valence-electron chi connectivity index (χ2n) is 7.53. The van der Waals surface area contributed by atoms with Gasteiger partial charge in [-0.1, -0.05) is 36.4 Å². The Hall–Kier alpha value is -3.47. The zero-order chi connectivity index (χ0) is 22.2. The average molecular weight is 439 g/mol. The highest BCUT2D eigenvalue weighted by atomic mass is 32.2. The SMILES string of the molecule is Cc1cccc(C)c1-n1nnnc1CS(=O)(=O)Cc1nnnn1-c1c(C)cccc1C. The van der Waals surface area contributed by atoms with Crippen LogP contribution in [-0.4, -0.2) is 48.8 Å². The summed E-state index contributed by atoms with van der Waals surface area (Å²) in [6.07, 6.45) is 0. The number of sulfone groups is 1. The third-order valence-electron chi connectivity index (χ3n) is 5.07. The van der Waals surface area contributed by atoms with Gasteiger partial charge in [0, 0.05) is 0 Å². The van der Waals surface area contributed by atoms with Crippen molar-refractivity contribution in [3.63, 3.8) is 0 Å². The Balaban J connectivity index is 1.66. The number of tetrazole rings is 2. The van der Waals surface area contributed by atoms with Crippen LogP contribution in [0.4, 0.5) is 0 Å². The van der Waals surface area contributed by atoms with Crippen molar-refractivity contribution in [1.29, 1.82) is 0 Å². The molecule has 0 N–H and O–H groups in total. The van der Waals surface area contributed by atoms with Crippen molar-refractivity contribution in [3.05, 3.63) is 70.3 Å². The van der Waals surface area contributed by atoms with Crippen LogP contribution in [0.25, 0.3) is 11.4 Å². The van der Waals surface area contributed by atoms with Gasteiger partial charge in [0.05, 0.1) is 11.4 Å². The first kappa shape index (κ1) is 20.8. The van der Waals surface area contributed by atoms with Gasteiger partial charge in [-0.05, 0) is 70.8 Å². The average Bonchev–Trinajstić information content (AvgIpc) is 3.31. The molecule has 0 spiro atoms. The maximum absolute atomic E-state index is 13.1. The Labute approximate surface area is 179 Å². The van der Waals surface area contributed by atoms with Gasteiger partial charge in [0.25, 0.3) is 0 Å². The molecule has 0 unspecified atom stereocenters. The minimum Gasteiger partial charge on any atom is -0.228 e. The minimum atomic E-state index is -3.67. The van der Waals surface area contributed by atoms with Crippen molar-refractivity contribution in [2.24, 2.45) is 0 Å². The van der Waals surface area contributed by atoms with Crippen molar-refractivity contribution >= 4 is 9.84 Å². The Bertz CT molecular complexity index is 1220. The Morgan fingerprint density at radius 1 is 0.677 bits per heavy atom. The molecule has 0 radical (unpaired) electrons. The Morgan fingerprint density at radius 2 is 1.03 bits per heavy atom. The lowest BCUT2D eigenvalue weighted by molar-refractivity contribution is 0.589. The van der Waals surface area contributed by atoms with E-state index in [-0.39, 0.29) is 23.2 Å². The first-order valence-electron chi connectivity index (χ1n) is 9.65. The van der Waals surface area contributed by atoms with Crippen molar-refractivity contribution in [3.8, 4) is 11.4 Å². The van der Waals surface area contributed by atoms with Crippen molar-refractivity contribution in [2.75, 3.05) is 0 Å². The topological polar surface area (TPSA) is 121 Å². The van der Waals surface area contributed by atoms with Gasteiger partial charge in [0.2, 0.25) is 0 Å². The molecule has 0 aliphatic heterocycles. The summed E-state index contributed by atoms with van der Waals surface area (Å²) in [6, 6.07) is 11.6. The molecule has 2 aromatic heterocycles. The number of benzene rings is 2. The molecule has 0 amide bonds. The van der Waals surface area contributed by atoms with Crippen molar-refractivity contribution in [1.82, 2.24) is 40.4 Å². The first-order valence-corrected chi connectivity index (χ1v) is 11.5. The van der Waals surface area contributed by atoms with Crippen LogP contribution in [0.3, 0.4) is 0 Å². The Morgan fingerprint density at radius 3 is 1.39 bits per heavy atom. The van der Waals surface area contributed by atoms with Gasteiger partial charge in [0.1, 0.15) is 11.5 Å². The van der Waals surface area contributed by atoms with Gasteiger partial charge in [-0.3, -0.25) is 0 Å². The summed E-state index contributed by atoms with van der Waals surface area (Å²) in [4.78, 5) is 0. The van der Waals surface area contributed by atoms with Gasteiger partial charge in [-0.25, -0.2) is 8.42 Å². The van der Waals surface area contributed by atoms with E-state index in [1.54, 1.807) is 0 Å². The summed E-state index contributed by atoms with van der Waals surface area (Å²) in [5.74, 6) is -0.201. The van der Waals surface area contributed by atoms with Gasteiger partial charge in [-0.15, -0.1) is 10.2 Å². The van der Waals surface area contributed by atoms with E-state index in [2.05, 4.69) is 31.1 Å². The molecule has 160 valence electrons. The molecule has 2 heterocycles. The van der Waals surface area contributed by atoms with E-state index >= 15 is 0 Å². The normalized spacial score (nSPS) is 11.7. The zero-order valence-corrected chi connectivity index (χ0v) is 18.5. The molecule has 4 rings (SSSR count). The van der Waals surface area contributed by atoms with E-state index in [9.17, 15) is 8.42 Å². The molecule has 0 saturated carbocycles. The van der Waals surface area contributed by atoms with Crippen LogP contribution in [0.5, 0.6) is 0 Å². The van der Waals surface area contributed by atoms with Gasteiger partial charge < -0.3 is 0 Å². The summed E-state index contributed by atoms with van der Waals surface area (Å²) in [7, 11) is -3.67. The fourth-order valence-corrected chi connectivity index (χ4v) is 4.91. The van der Waals surface area contributed by atoms with E-state index < -0.39 is 9.84 Å². The summed E-state index contributed by atoms with van der Waals surface area (Å²) in [6.45, 7) is 7.73. The Kier molecular flexibility index (Phi) is 5.36. The highest BCUT2D eigenvalue weighted by molar-refractivity contribution is 7.89. The summed E-state index contributed by atoms with van der Waals surface area (Å²) < 4.78 is 29.1. The van der Waals surface area contributed by atoms with Crippen molar-refractivity contribution < 1.29 is 8.42 Å². The summed E-state index contributed by atoms with van der Waals surface area (Å²) >= 11 is 0. The van der Waals surface area contributed by atoms with Crippen LogP contribution >= 0.6 is 0 Å². The molecular formula is C20H22N8O2S. The second kappa shape index (κ2) is 7.99. The van der Waals surface area contributed by atoms with Crippen LogP contribution < -0.4 is 0 Å². The number of para-hydroxylation sites is 2. The standard InChI is InChI=1S/C20H22N8O2S/c1-13-7-5-8-14(2)19(13)27-17(21-23-25-27)11-31(29,30)12-18-22-24-26-28(18)20-15(3)9-6-10-16(20)4/h5-10H,11-12H2,1-4H3. The predicted octanol–water partition coefficient (Wildman–Crippen LogP) is 1.99. The quantitative estimate of drug-likeness (QED) is 0.448. The molecule has 31 heavy (non-hydrogen) atoms. The maximum atomic E-state index is 13.1. The number of nitrogens with zero attached hydrogens (tertiary/aromatic N) is 8. The molecule has 0 aliphatic rings. The highest BCUT2D eigenvalue weighted by Crippen LogP contribution is 2.22. The van der Waals surface area contributed by atoms with E-state index in [1.807, 2.05) is 64.1 Å². The van der Waals surface area contributed by atoms with E-state index in [4.69, 9.17) is 0 Å². The molecule has 0 aliphatic carbocycles. The predicted molar refractivity (Wildman–Crippen MR) is 114 cm³/mol. The molecule has 0 saturated heterocycles. The number of aryl methyl sites for hydroxylation is 4. The molecule has 2 aromatic carbocycles. The van der Waals surface area contributed by atoms with Gasteiger partial charge in [-0.2, -0.15) is 9.36 Å². The van der Waals surface area contributed by atoms with E-state index in [0.29, 0.717) is 0 Å². The molecule has 10 nitrogen and oxygen atoms in total. The van der Waals surface area contributed by atoms with E-state index in [1.165, 1.54) is 9.36 Å². The molecule has 0 bridgehead atoms. The zero-order valence-electron chi connectivity index (χ0n) is 17.7. The fourth-order valence-electron chi connectivity index (χ4n) is 3.66. The van der Waals surface area contributed by atoms with Gasteiger partial charge in [0.15, 0.2) is 21.5 Å². The maximum Gasteiger partial charge on any atom is 0.171 e. The number of hydrogen-bond acceptors (Lipinski definition) is 8. The molecule has 0 atom stereocenters. The van der Waals surface area contributed by atoms with E-state index in [0.717, 1.165) is 33.6 Å². The smallest absolute Gasteiger partial charge is 0.171 e. The lowest BCUT2D eigenvalue weighted by Crippen LogP contribution is -2.17. The third kappa shape index (κ3) is 4.08. The molecule has 4 aromatic rings. The monoisotopic (exact) mass is 438 g/mol. The summed E-state index contributed by atoms with van der Waals surface area (Å²) in [5.41, 5.74) is 5.35. The van der Waals surface area contributed by atoms with Crippen LogP contribution in [0.1, 0.15) is 33.9 Å². The largest absolute Gasteiger partial charge is 0.228 e. The molecular weight excluding hydrogens is 416 g/mol. The van der Waals surface area contributed by atoms with Crippen LogP contribution in [-0.2, 0) is 21.3 Å². The van der Waals surface area contributed by atoms with Crippen LogP contribution in [0.15, 0.2) is 36.4 Å². The summed E-state index contributed by atoms with van der Waals surface area (Å²) in [5, 5.41) is 23.4. The fraction of sp³-hybridized carbons (Fsp3) is 0.300. The lowest BCUT2D eigenvalue weighted by Gasteiger charge is -2.12. The molecule has 0 fully saturated rings. The second-order valence-corrected chi connectivity index (χ2v) is 9.59.